The van der Waals surface area contributed by atoms with Crippen LogP contribution in [0.4, 0.5) is 0 Å². The van der Waals surface area contributed by atoms with Crippen molar-refractivity contribution in [2.24, 2.45) is 0 Å². The van der Waals surface area contributed by atoms with Crippen LogP contribution in [0.1, 0.15) is 20.8 Å². The van der Waals surface area contributed by atoms with Crippen LogP contribution in [0.2, 0.25) is 0 Å². The molecule has 0 atom stereocenters. The summed E-state index contributed by atoms with van der Waals surface area (Å²) in [5.74, 6) is -1.40. The molecule has 1 aliphatic rings. The number of carbonyl (C=O) groups is 3. The molecule has 7 heteroatoms. The minimum Gasteiger partial charge on any atom is -0.453 e. The van der Waals surface area contributed by atoms with E-state index in [-0.39, 0.29) is 5.91 Å². The highest BCUT2D eigenvalue weighted by Crippen LogP contribution is 2.09. The van der Waals surface area contributed by atoms with Gasteiger partial charge in [-0.15, -0.1) is 0 Å². The molecule has 1 aliphatic heterocycles. The Kier molecular flexibility index (Phi) is 5.71. The van der Waals surface area contributed by atoms with Gasteiger partial charge in [-0.05, 0) is 20.8 Å². The molecular weight excluding hydrogens is 274 g/mol. The summed E-state index contributed by atoms with van der Waals surface area (Å²) in [6.07, 6.45) is 0. The van der Waals surface area contributed by atoms with E-state index in [1.165, 1.54) is 9.80 Å². The van der Waals surface area contributed by atoms with E-state index in [0.717, 1.165) is 0 Å². The average Bonchev–Trinajstić information content (AvgIpc) is 2.36. The van der Waals surface area contributed by atoms with E-state index < -0.39 is 17.5 Å². The number of esters is 1. The van der Waals surface area contributed by atoms with Gasteiger partial charge in [-0.25, -0.2) is 4.79 Å². The minimum absolute atomic E-state index is 0.0296. The number of rotatable bonds is 2. The Morgan fingerprint density at radius 3 is 2.00 bits per heavy atom. The van der Waals surface area contributed by atoms with Gasteiger partial charge in [0.05, 0.1) is 6.54 Å². The van der Waals surface area contributed by atoms with Gasteiger partial charge >= 0.3 is 11.9 Å². The number of ether oxygens (including phenoxy) is 1. The molecule has 120 valence electrons. The fourth-order valence-corrected chi connectivity index (χ4v) is 1.89. The number of amides is 2. The Hall–Kier alpha value is -1.63. The molecule has 0 aliphatic carbocycles. The highest BCUT2D eigenvalue weighted by atomic mass is 16.6. The Balaban J connectivity index is 2.44. The molecule has 0 aromatic rings. The van der Waals surface area contributed by atoms with Crippen LogP contribution in [0.5, 0.6) is 0 Å². The third kappa shape index (κ3) is 5.71. The number of hydrogen-bond acceptors (Lipinski definition) is 5. The number of nitrogens with zero attached hydrogens (tertiary/aromatic N) is 3. The largest absolute Gasteiger partial charge is 0.453 e. The molecule has 0 aromatic carbocycles. The number of likely N-dealkylation sites (N-methyl/N-ethyl adjacent to an activating group) is 1. The smallest absolute Gasteiger partial charge is 0.397 e. The molecular formula is C14H25N3O4. The molecule has 1 rings (SSSR count). The molecule has 1 saturated heterocycles. The fourth-order valence-electron chi connectivity index (χ4n) is 1.89. The first-order valence-corrected chi connectivity index (χ1v) is 7.05. The normalized spacial score (nSPS) is 16.5. The highest BCUT2D eigenvalue weighted by Gasteiger charge is 2.30. The zero-order chi connectivity index (χ0) is 16.2. The van der Waals surface area contributed by atoms with Crippen molar-refractivity contribution in [3.05, 3.63) is 0 Å². The Labute approximate surface area is 125 Å². The number of carbonyl (C=O) groups excluding carboxylic acids is 3. The van der Waals surface area contributed by atoms with E-state index in [1.54, 1.807) is 34.9 Å². The Bertz CT molecular complexity index is 407. The van der Waals surface area contributed by atoms with Gasteiger partial charge in [-0.3, -0.25) is 14.5 Å². The van der Waals surface area contributed by atoms with Gasteiger partial charge in [0, 0.05) is 40.3 Å². The second kappa shape index (κ2) is 6.89. The first kappa shape index (κ1) is 17.4. The van der Waals surface area contributed by atoms with Crippen LogP contribution >= 0.6 is 0 Å². The van der Waals surface area contributed by atoms with Crippen molar-refractivity contribution in [3.63, 3.8) is 0 Å². The first-order chi connectivity index (χ1) is 9.60. The second-order valence-corrected chi connectivity index (χ2v) is 6.36. The molecule has 0 bridgehead atoms. The molecule has 1 fully saturated rings. The molecule has 7 nitrogen and oxygen atoms in total. The van der Waals surface area contributed by atoms with E-state index in [1.807, 2.05) is 4.90 Å². The number of hydrogen-bond donors (Lipinski definition) is 0. The lowest BCUT2D eigenvalue weighted by atomic mass is 10.2. The molecule has 2 amide bonds. The molecule has 0 spiro atoms. The van der Waals surface area contributed by atoms with Crippen molar-refractivity contribution in [2.45, 2.75) is 26.4 Å². The van der Waals surface area contributed by atoms with Crippen molar-refractivity contribution in [2.75, 3.05) is 46.8 Å². The highest BCUT2D eigenvalue weighted by molar-refractivity contribution is 6.32. The van der Waals surface area contributed by atoms with Crippen LogP contribution in [0, 0.1) is 0 Å². The molecule has 0 N–H and O–H groups in total. The lowest BCUT2D eigenvalue weighted by Crippen LogP contribution is -2.53. The van der Waals surface area contributed by atoms with E-state index in [9.17, 15) is 14.4 Å². The topological polar surface area (TPSA) is 70.2 Å². The Morgan fingerprint density at radius 2 is 1.57 bits per heavy atom. The summed E-state index contributed by atoms with van der Waals surface area (Å²) in [5.41, 5.74) is -0.674. The van der Waals surface area contributed by atoms with Gasteiger partial charge in [0.2, 0.25) is 5.91 Å². The maximum absolute atomic E-state index is 12.0. The van der Waals surface area contributed by atoms with Crippen LogP contribution < -0.4 is 0 Å². The Morgan fingerprint density at radius 1 is 1.05 bits per heavy atom. The van der Waals surface area contributed by atoms with Crippen molar-refractivity contribution in [1.29, 1.82) is 0 Å². The van der Waals surface area contributed by atoms with Crippen molar-refractivity contribution in [3.8, 4) is 0 Å². The standard InChI is InChI=1S/C14H25N3O4/c1-14(2,3)21-13(20)12(19)17-8-6-16(7-9-17)10-11(18)15(4)5/h6-10H2,1-5H3. The molecule has 0 unspecified atom stereocenters. The third-order valence-corrected chi connectivity index (χ3v) is 3.09. The van der Waals surface area contributed by atoms with Gasteiger partial charge in [-0.1, -0.05) is 0 Å². The minimum atomic E-state index is -0.819. The fraction of sp³-hybridized carbons (Fsp3) is 0.786. The lowest BCUT2D eigenvalue weighted by molar-refractivity contribution is -0.168. The quantitative estimate of drug-likeness (QED) is 0.511. The van der Waals surface area contributed by atoms with Gasteiger partial charge in [0.25, 0.3) is 0 Å². The summed E-state index contributed by atoms with van der Waals surface area (Å²) in [7, 11) is 3.43. The molecule has 21 heavy (non-hydrogen) atoms. The summed E-state index contributed by atoms with van der Waals surface area (Å²) >= 11 is 0. The zero-order valence-corrected chi connectivity index (χ0v) is 13.5. The van der Waals surface area contributed by atoms with Crippen LogP contribution in [0.15, 0.2) is 0 Å². The maximum Gasteiger partial charge on any atom is 0.397 e. The predicted molar refractivity (Wildman–Crippen MR) is 77.6 cm³/mol. The van der Waals surface area contributed by atoms with Crippen LogP contribution in [0.3, 0.4) is 0 Å². The van der Waals surface area contributed by atoms with Crippen molar-refractivity contribution < 1.29 is 19.1 Å². The van der Waals surface area contributed by atoms with Crippen LogP contribution in [-0.2, 0) is 19.1 Å². The molecule has 0 saturated carbocycles. The van der Waals surface area contributed by atoms with E-state index in [2.05, 4.69) is 0 Å². The molecule has 0 aromatic heterocycles. The van der Waals surface area contributed by atoms with E-state index in [0.29, 0.717) is 32.7 Å². The van der Waals surface area contributed by atoms with Crippen molar-refractivity contribution in [1.82, 2.24) is 14.7 Å². The van der Waals surface area contributed by atoms with E-state index in [4.69, 9.17) is 4.74 Å². The summed E-state index contributed by atoms with van der Waals surface area (Å²) < 4.78 is 5.07. The molecule has 0 radical (unpaired) electrons. The third-order valence-electron chi connectivity index (χ3n) is 3.09. The number of piperazine rings is 1. The summed E-state index contributed by atoms with van der Waals surface area (Å²) in [6, 6.07) is 0. The molecule has 1 heterocycles. The van der Waals surface area contributed by atoms with Gasteiger partial charge < -0.3 is 14.5 Å². The summed E-state index contributed by atoms with van der Waals surface area (Å²) in [6.45, 7) is 7.52. The second-order valence-electron chi connectivity index (χ2n) is 6.36. The monoisotopic (exact) mass is 299 g/mol. The zero-order valence-electron chi connectivity index (χ0n) is 13.5. The lowest BCUT2D eigenvalue weighted by Gasteiger charge is -2.34. The predicted octanol–water partition coefficient (Wildman–Crippen LogP) is -0.439. The van der Waals surface area contributed by atoms with Gasteiger partial charge in [0.1, 0.15) is 5.60 Å². The van der Waals surface area contributed by atoms with Crippen LogP contribution in [0.25, 0.3) is 0 Å². The summed E-state index contributed by atoms with van der Waals surface area (Å²) in [4.78, 5) is 40.3. The SMILES string of the molecule is CN(C)C(=O)CN1CCN(C(=O)C(=O)OC(C)(C)C)CC1. The summed E-state index contributed by atoms with van der Waals surface area (Å²) in [5, 5.41) is 0. The van der Waals surface area contributed by atoms with Gasteiger partial charge in [-0.2, -0.15) is 0 Å². The van der Waals surface area contributed by atoms with Gasteiger partial charge in [0.15, 0.2) is 0 Å². The van der Waals surface area contributed by atoms with Crippen molar-refractivity contribution >= 4 is 17.8 Å². The average molecular weight is 299 g/mol. The first-order valence-electron chi connectivity index (χ1n) is 7.05. The van der Waals surface area contributed by atoms with Crippen LogP contribution in [-0.4, -0.2) is 84.9 Å². The maximum atomic E-state index is 12.0. The van der Waals surface area contributed by atoms with E-state index >= 15 is 0 Å².